The van der Waals surface area contributed by atoms with Crippen molar-refractivity contribution < 1.29 is 404 Å². The van der Waals surface area contributed by atoms with Crippen LogP contribution < -0.4 is 0 Å². The van der Waals surface area contributed by atoms with Crippen LogP contribution in [0.15, 0.2) is 0 Å². The van der Waals surface area contributed by atoms with E-state index in [-0.39, 0.29) is 390 Å². The van der Waals surface area contributed by atoms with Crippen LogP contribution in [0.2, 0.25) is 0 Å². The fraction of sp³-hybridized carbons (Fsp3) is 0. The average Bonchev–Trinajstić information content (AvgIpc) is 0.811. The standard InChI is InChI=1S/H3O3P.20Zn/c1-4(2)3;;;;;;;;;;;;;;;;;;;;/h4H,(H2,1,2,3);;;;;;;;;;;;;;;;;;;;/q;20*+2. The Hall–Kier alpha value is 12.6. The first-order chi connectivity index (χ1) is 1.73. The minimum absolute atomic E-state index is 0. The molecule has 2 N–H and O–H groups in total. The SMILES string of the molecule is O=[PH](O)O.[Zn+2].[Zn+2].[Zn+2].[Zn+2].[Zn+2].[Zn+2].[Zn+2].[Zn+2].[Zn+2].[Zn+2].[Zn+2].[Zn+2].[Zn+2].[Zn+2].[Zn+2].[Zn+2].[Zn+2].[Zn+2].[Zn+2].[Zn+2]. The molecule has 0 fully saturated rings. The van der Waals surface area contributed by atoms with Gasteiger partial charge in [0.15, 0.2) is 0 Å². The van der Waals surface area contributed by atoms with E-state index in [1.807, 2.05) is 0 Å². The molecule has 0 spiro atoms. The van der Waals surface area contributed by atoms with Gasteiger partial charge < -0.3 is 9.79 Å². The van der Waals surface area contributed by atoms with Gasteiger partial charge in [-0.3, -0.25) is 4.57 Å². The van der Waals surface area contributed by atoms with Crippen LogP contribution in [-0.2, 0) is 394 Å². The minimum Gasteiger partial charge on any atom is -0.326 e. The number of rotatable bonds is 0. The molecule has 24 heavy (non-hydrogen) atoms. The van der Waals surface area contributed by atoms with E-state index in [1.165, 1.54) is 0 Å². The Morgan fingerprint density at radius 3 is 0.292 bits per heavy atom. The summed E-state index contributed by atoms with van der Waals surface area (Å²) in [4.78, 5) is 14.3. The zero-order valence-corrected chi connectivity index (χ0v) is 76.3. The Labute approximate surface area is 402 Å². The van der Waals surface area contributed by atoms with E-state index in [2.05, 4.69) is 0 Å². The first-order valence-corrected chi connectivity index (χ1v) is 1.95. The molecule has 0 aliphatic carbocycles. The summed E-state index contributed by atoms with van der Waals surface area (Å²) < 4.78 is 8.74. The summed E-state index contributed by atoms with van der Waals surface area (Å²) >= 11 is 0. The second-order valence-electron chi connectivity index (χ2n) is 0.283. The van der Waals surface area contributed by atoms with Gasteiger partial charge in [-0.25, -0.2) is 0 Å². The van der Waals surface area contributed by atoms with Crippen LogP contribution >= 0.6 is 8.25 Å². The van der Waals surface area contributed by atoms with Crippen molar-refractivity contribution >= 4 is 8.25 Å². The van der Waals surface area contributed by atoms with Gasteiger partial charge in [0.05, 0.1) is 0 Å². The van der Waals surface area contributed by atoms with Crippen LogP contribution in [0.3, 0.4) is 0 Å². The van der Waals surface area contributed by atoms with Crippen LogP contribution in [0.1, 0.15) is 0 Å². The van der Waals surface area contributed by atoms with Crippen LogP contribution in [-0.4, -0.2) is 9.79 Å². The maximum absolute atomic E-state index is 8.74. The summed E-state index contributed by atoms with van der Waals surface area (Å²) in [5.74, 6) is 0. The molecule has 0 radical (unpaired) electrons. The third-order valence-electron chi connectivity index (χ3n) is 0. The zero-order valence-electron chi connectivity index (χ0n) is 15.9. The topological polar surface area (TPSA) is 57.5 Å². The molecule has 0 amide bonds. The van der Waals surface area contributed by atoms with E-state index in [4.69, 9.17) is 14.4 Å². The van der Waals surface area contributed by atoms with Gasteiger partial charge in [0, 0.05) is 0 Å². The Kier molecular flexibility index (Phi) is 1390. The van der Waals surface area contributed by atoms with Gasteiger partial charge in [0.2, 0.25) is 0 Å². The molecular formula is H3O3PZn20+40. The van der Waals surface area contributed by atoms with E-state index in [0.717, 1.165) is 0 Å². The number of hydrogen-bond donors (Lipinski definition) is 2. The molecule has 3 nitrogen and oxygen atoms in total. The largest absolute Gasteiger partial charge is 2.00 e. The zero-order chi connectivity index (χ0) is 3.58. The molecule has 0 aliphatic heterocycles. The van der Waals surface area contributed by atoms with Crippen LogP contribution in [0.5, 0.6) is 0 Å². The van der Waals surface area contributed by atoms with Gasteiger partial charge in [-0.2, -0.15) is 0 Å². The van der Waals surface area contributed by atoms with Gasteiger partial charge in [0.1, 0.15) is 0 Å². The molecule has 26 valence electrons. The van der Waals surface area contributed by atoms with Crippen molar-refractivity contribution in [3.05, 3.63) is 0 Å². The first kappa shape index (κ1) is 190. The monoisotopic (exact) mass is 1360 g/mol. The van der Waals surface area contributed by atoms with Crippen LogP contribution in [0.25, 0.3) is 0 Å². The van der Waals surface area contributed by atoms with Crippen molar-refractivity contribution in [1.82, 2.24) is 0 Å². The first-order valence-electron chi connectivity index (χ1n) is 0.651. The summed E-state index contributed by atoms with van der Waals surface area (Å²) in [7, 11) is -3.13. The molecule has 0 rings (SSSR count). The van der Waals surface area contributed by atoms with E-state index < -0.39 is 8.25 Å². The minimum atomic E-state index is -3.13. The van der Waals surface area contributed by atoms with E-state index in [0.29, 0.717) is 0 Å². The van der Waals surface area contributed by atoms with Gasteiger partial charge >= 0.3 is 398 Å². The fourth-order valence-electron chi connectivity index (χ4n) is 0. The Bertz CT molecular complexity index is 41.9. The van der Waals surface area contributed by atoms with Crippen LogP contribution in [0, 0.1) is 0 Å². The van der Waals surface area contributed by atoms with Crippen molar-refractivity contribution in [2.45, 2.75) is 0 Å². The van der Waals surface area contributed by atoms with Gasteiger partial charge in [-0.05, 0) is 0 Å². The fourth-order valence-corrected chi connectivity index (χ4v) is 0. The van der Waals surface area contributed by atoms with Crippen molar-refractivity contribution in [3.63, 3.8) is 0 Å². The smallest absolute Gasteiger partial charge is 0.326 e. The van der Waals surface area contributed by atoms with Crippen molar-refractivity contribution in [2.24, 2.45) is 0 Å². The predicted octanol–water partition coefficient (Wildman–Crippen LogP) is -0.689. The third-order valence-corrected chi connectivity index (χ3v) is 0. The second kappa shape index (κ2) is 175. The van der Waals surface area contributed by atoms with Gasteiger partial charge in [-0.1, -0.05) is 0 Å². The molecule has 0 atom stereocenters. The van der Waals surface area contributed by atoms with E-state index in [9.17, 15) is 0 Å². The van der Waals surface area contributed by atoms with Crippen LogP contribution in [0.4, 0.5) is 0 Å². The molecule has 24 heteroatoms. The summed E-state index contributed by atoms with van der Waals surface area (Å²) in [6.45, 7) is 0. The number of hydrogen-bond acceptors (Lipinski definition) is 1. The van der Waals surface area contributed by atoms with E-state index in [1.54, 1.807) is 0 Å². The molecular weight excluding hydrogens is 1390 g/mol. The maximum Gasteiger partial charge on any atom is 2.00 e. The van der Waals surface area contributed by atoms with Gasteiger partial charge in [0.25, 0.3) is 0 Å². The average molecular weight is 1390 g/mol. The molecule has 0 unspecified atom stereocenters. The molecule has 0 aromatic rings. The van der Waals surface area contributed by atoms with E-state index >= 15 is 0 Å². The summed E-state index contributed by atoms with van der Waals surface area (Å²) in [6.07, 6.45) is 0. The summed E-state index contributed by atoms with van der Waals surface area (Å²) in [5.41, 5.74) is 0. The Balaban J connectivity index is -0.000000000237. The summed E-state index contributed by atoms with van der Waals surface area (Å²) in [5, 5.41) is 0. The molecule has 0 aromatic carbocycles. The molecule has 0 aromatic heterocycles. The quantitative estimate of drug-likeness (QED) is 0.250. The van der Waals surface area contributed by atoms with Crippen molar-refractivity contribution in [1.29, 1.82) is 0 Å². The molecule has 0 bridgehead atoms. The van der Waals surface area contributed by atoms with Gasteiger partial charge in [-0.15, -0.1) is 0 Å². The molecule has 0 heterocycles. The Morgan fingerprint density at radius 2 is 0.292 bits per heavy atom. The second-order valence-corrected chi connectivity index (χ2v) is 0.848. The molecule has 0 saturated heterocycles. The normalized spacial score (nSPS) is 1.46. The maximum atomic E-state index is 8.74. The van der Waals surface area contributed by atoms with Crippen molar-refractivity contribution in [3.8, 4) is 0 Å². The third kappa shape index (κ3) is 246. The molecule has 0 aliphatic rings. The summed E-state index contributed by atoms with van der Waals surface area (Å²) in [6, 6.07) is 0. The Morgan fingerprint density at radius 1 is 0.292 bits per heavy atom. The predicted molar refractivity (Wildman–Crippen MR) is 13.4 cm³/mol. The van der Waals surface area contributed by atoms with Crippen molar-refractivity contribution in [2.75, 3.05) is 0 Å². The molecule has 0 saturated carbocycles.